The van der Waals surface area contributed by atoms with Crippen LogP contribution in [0.4, 0.5) is 10.1 Å². The molecule has 122 valence electrons. The summed E-state index contributed by atoms with van der Waals surface area (Å²) >= 11 is 0. The molecule has 0 aliphatic heterocycles. The second kappa shape index (κ2) is 6.60. The van der Waals surface area contributed by atoms with Crippen molar-refractivity contribution < 1.29 is 18.7 Å². The highest BCUT2D eigenvalue weighted by Gasteiger charge is 2.18. The van der Waals surface area contributed by atoms with E-state index in [1.165, 1.54) is 19.2 Å². The van der Waals surface area contributed by atoms with Gasteiger partial charge in [-0.3, -0.25) is 9.59 Å². The molecule has 1 aromatic heterocycles. The summed E-state index contributed by atoms with van der Waals surface area (Å²) in [6.07, 6.45) is 1.39. The van der Waals surface area contributed by atoms with Gasteiger partial charge in [0.2, 0.25) is 11.3 Å². The zero-order valence-electron chi connectivity index (χ0n) is 13.1. The van der Waals surface area contributed by atoms with Crippen LogP contribution < -0.4 is 10.7 Å². The van der Waals surface area contributed by atoms with Crippen molar-refractivity contribution in [3.63, 3.8) is 0 Å². The monoisotopic (exact) mass is 320 g/mol. The van der Waals surface area contributed by atoms with Gasteiger partial charge >= 0.3 is 5.97 Å². The average Bonchev–Trinajstić information content (AvgIpc) is 2.49. The molecular weight excluding hydrogens is 303 g/mol. The molecule has 2 aromatic rings. The minimum Gasteiger partial charge on any atom is -0.462 e. The Hall–Kier alpha value is -2.70. The highest BCUT2D eigenvalue weighted by atomic mass is 19.1. The Balaban J connectivity index is 2.75. The third kappa shape index (κ3) is 3.23. The molecule has 0 radical (unpaired) electrons. The zero-order chi connectivity index (χ0) is 17.1. The fourth-order valence-corrected chi connectivity index (χ4v) is 2.31. The van der Waals surface area contributed by atoms with Crippen LogP contribution in [0.25, 0.3) is 10.9 Å². The molecule has 0 aliphatic rings. The number of rotatable bonds is 4. The summed E-state index contributed by atoms with van der Waals surface area (Å²) in [4.78, 5) is 35.4. The summed E-state index contributed by atoms with van der Waals surface area (Å²) in [7, 11) is 0. The predicted octanol–water partition coefficient (Wildman–Crippen LogP) is 2.30. The molecule has 0 saturated carbocycles. The first-order chi connectivity index (χ1) is 10.9. The van der Waals surface area contributed by atoms with Gasteiger partial charge in [0.25, 0.3) is 0 Å². The molecule has 0 aliphatic carbocycles. The fourth-order valence-electron chi connectivity index (χ4n) is 2.31. The topological polar surface area (TPSA) is 77.4 Å². The summed E-state index contributed by atoms with van der Waals surface area (Å²) in [5.41, 5.74) is -0.338. The van der Waals surface area contributed by atoms with Crippen LogP contribution in [0.3, 0.4) is 0 Å². The first-order valence-corrected chi connectivity index (χ1v) is 7.20. The Labute approximate surface area is 131 Å². The van der Waals surface area contributed by atoms with Crippen molar-refractivity contribution in [3.05, 3.63) is 39.9 Å². The highest BCUT2D eigenvalue weighted by Crippen LogP contribution is 2.22. The van der Waals surface area contributed by atoms with E-state index in [4.69, 9.17) is 4.74 Å². The number of carbonyl (C=O) groups is 2. The molecule has 0 fully saturated rings. The molecule has 0 spiro atoms. The number of ether oxygens (including phenoxy) is 1. The van der Waals surface area contributed by atoms with E-state index in [1.54, 1.807) is 11.5 Å². The number of nitrogens with one attached hydrogen (secondary N) is 1. The van der Waals surface area contributed by atoms with E-state index in [-0.39, 0.29) is 23.2 Å². The lowest BCUT2D eigenvalue weighted by atomic mass is 10.1. The molecule has 0 bridgehead atoms. The Kier molecular flexibility index (Phi) is 4.78. The van der Waals surface area contributed by atoms with Gasteiger partial charge in [0.05, 0.1) is 17.8 Å². The maximum Gasteiger partial charge on any atom is 0.343 e. The highest BCUT2D eigenvalue weighted by molar-refractivity contribution is 5.96. The van der Waals surface area contributed by atoms with Crippen molar-refractivity contribution in [1.82, 2.24) is 4.57 Å². The SMILES string of the molecule is CCOC(=O)c1cn(CC)c2cc(NC(C)=O)c(F)cc2c1=O. The van der Waals surface area contributed by atoms with Gasteiger partial charge in [0.15, 0.2) is 0 Å². The standard InChI is InChI=1S/C16H17FN2O4/c1-4-19-8-11(16(22)23-5-2)15(21)10-6-12(17)13(7-14(10)19)18-9(3)20/h6-8H,4-5H2,1-3H3,(H,18,20). The molecule has 1 amide bonds. The van der Waals surface area contributed by atoms with Gasteiger partial charge in [-0.25, -0.2) is 9.18 Å². The van der Waals surface area contributed by atoms with Crippen molar-refractivity contribution in [2.24, 2.45) is 0 Å². The molecule has 0 saturated heterocycles. The number of hydrogen-bond acceptors (Lipinski definition) is 4. The number of hydrogen-bond donors (Lipinski definition) is 1. The van der Waals surface area contributed by atoms with Crippen molar-refractivity contribution in [2.75, 3.05) is 11.9 Å². The van der Waals surface area contributed by atoms with Gasteiger partial charge < -0.3 is 14.6 Å². The molecule has 1 aromatic carbocycles. The number of pyridine rings is 1. The number of benzene rings is 1. The smallest absolute Gasteiger partial charge is 0.343 e. The summed E-state index contributed by atoms with van der Waals surface area (Å²) in [5.74, 6) is -1.90. The largest absolute Gasteiger partial charge is 0.462 e. The number of anilines is 1. The predicted molar refractivity (Wildman–Crippen MR) is 84.1 cm³/mol. The molecule has 0 atom stereocenters. The van der Waals surface area contributed by atoms with Crippen LogP contribution in [-0.2, 0) is 16.1 Å². The van der Waals surface area contributed by atoms with Gasteiger partial charge in [-0.1, -0.05) is 0 Å². The van der Waals surface area contributed by atoms with Crippen LogP contribution in [0.15, 0.2) is 23.1 Å². The molecule has 7 heteroatoms. The molecule has 0 unspecified atom stereocenters. The minimum absolute atomic E-state index is 0.0181. The van der Waals surface area contributed by atoms with E-state index in [1.807, 2.05) is 6.92 Å². The number of aromatic nitrogens is 1. The molecule has 6 nitrogen and oxygen atoms in total. The third-order valence-electron chi connectivity index (χ3n) is 3.32. The second-order valence-corrected chi connectivity index (χ2v) is 4.91. The maximum absolute atomic E-state index is 14.1. The van der Waals surface area contributed by atoms with Gasteiger partial charge in [0.1, 0.15) is 11.4 Å². The minimum atomic E-state index is -0.743. The van der Waals surface area contributed by atoms with Crippen molar-refractivity contribution in [3.8, 4) is 0 Å². The number of halogens is 1. The quantitative estimate of drug-likeness (QED) is 0.877. The first kappa shape index (κ1) is 16.7. The van der Waals surface area contributed by atoms with E-state index in [0.717, 1.165) is 6.07 Å². The Morgan fingerprint density at radius 3 is 2.57 bits per heavy atom. The van der Waals surface area contributed by atoms with Gasteiger partial charge in [0, 0.05) is 25.1 Å². The van der Waals surface area contributed by atoms with Gasteiger partial charge in [-0.15, -0.1) is 0 Å². The van der Waals surface area contributed by atoms with Crippen LogP contribution in [0.1, 0.15) is 31.1 Å². The Morgan fingerprint density at radius 2 is 2.00 bits per heavy atom. The normalized spacial score (nSPS) is 10.6. The van der Waals surface area contributed by atoms with Crippen LogP contribution >= 0.6 is 0 Å². The lowest BCUT2D eigenvalue weighted by Gasteiger charge is -2.13. The van der Waals surface area contributed by atoms with Crippen LogP contribution in [0.5, 0.6) is 0 Å². The molecular formula is C16H17FN2O4. The number of fused-ring (bicyclic) bond motifs is 1. The van der Waals surface area contributed by atoms with E-state index >= 15 is 0 Å². The number of nitrogens with zero attached hydrogens (tertiary/aromatic N) is 1. The van der Waals surface area contributed by atoms with E-state index < -0.39 is 23.1 Å². The van der Waals surface area contributed by atoms with E-state index in [2.05, 4.69) is 5.32 Å². The van der Waals surface area contributed by atoms with Crippen LogP contribution in [0.2, 0.25) is 0 Å². The fraction of sp³-hybridized carbons (Fsp3) is 0.312. The molecule has 2 rings (SSSR count). The van der Waals surface area contributed by atoms with Crippen molar-refractivity contribution in [1.29, 1.82) is 0 Å². The Morgan fingerprint density at radius 1 is 1.30 bits per heavy atom. The van der Waals surface area contributed by atoms with Crippen LogP contribution in [0, 0.1) is 5.82 Å². The lowest BCUT2D eigenvalue weighted by Crippen LogP contribution is -2.21. The van der Waals surface area contributed by atoms with E-state index in [9.17, 15) is 18.8 Å². The van der Waals surface area contributed by atoms with Gasteiger partial charge in [-0.05, 0) is 26.0 Å². The van der Waals surface area contributed by atoms with Gasteiger partial charge in [-0.2, -0.15) is 0 Å². The summed E-state index contributed by atoms with van der Waals surface area (Å²) in [6.45, 7) is 5.31. The Bertz CT molecular complexity index is 842. The zero-order valence-corrected chi connectivity index (χ0v) is 13.1. The molecule has 23 heavy (non-hydrogen) atoms. The number of aryl methyl sites for hydroxylation is 1. The number of esters is 1. The first-order valence-electron chi connectivity index (χ1n) is 7.20. The van der Waals surface area contributed by atoms with Crippen molar-refractivity contribution in [2.45, 2.75) is 27.3 Å². The number of carbonyl (C=O) groups excluding carboxylic acids is 2. The average molecular weight is 320 g/mol. The van der Waals surface area contributed by atoms with E-state index in [0.29, 0.717) is 12.1 Å². The molecule has 1 heterocycles. The summed E-state index contributed by atoms with van der Waals surface area (Å²) in [6, 6.07) is 2.41. The van der Waals surface area contributed by atoms with Crippen LogP contribution in [-0.4, -0.2) is 23.1 Å². The number of amides is 1. The lowest BCUT2D eigenvalue weighted by molar-refractivity contribution is -0.114. The maximum atomic E-state index is 14.1. The summed E-state index contributed by atoms with van der Waals surface area (Å²) in [5, 5.41) is 2.43. The van der Waals surface area contributed by atoms with Crippen molar-refractivity contribution >= 4 is 28.5 Å². The summed E-state index contributed by atoms with van der Waals surface area (Å²) < 4.78 is 20.6. The second-order valence-electron chi connectivity index (χ2n) is 4.91. The third-order valence-corrected chi connectivity index (χ3v) is 3.32. The molecule has 1 N–H and O–H groups in total.